The van der Waals surface area contributed by atoms with Gasteiger partial charge in [0.2, 0.25) is 0 Å². The monoisotopic (exact) mass is 381 g/mol. The maximum atomic E-state index is 12.5. The van der Waals surface area contributed by atoms with Gasteiger partial charge in [0.15, 0.2) is 0 Å². The molecule has 5 rings (SSSR count). The lowest BCUT2D eigenvalue weighted by molar-refractivity contribution is 0.0793. The molecule has 4 nitrogen and oxygen atoms in total. The van der Waals surface area contributed by atoms with Gasteiger partial charge in [-0.2, -0.15) is 0 Å². The first-order valence-electron chi connectivity index (χ1n) is 10.4. The number of thiazole rings is 1. The van der Waals surface area contributed by atoms with Crippen LogP contribution in [0.1, 0.15) is 53.0 Å². The van der Waals surface area contributed by atoms with Crippen molar-refractivity contribution in [1.29, 1.82) is 0 Å². The predicted molar refractivity (Wildman–Crippen MR) is 109 cm³/mol. The third-order valence-corrected chi connectivity index (χ3v) is 7.61. The van der Waals surface area contributed by atoms with Crippen molar-refractivity contribution in [1.82, 2.24) is 14.8 Å². The van der Waals surface area contributed by atoms with Gasteiger partial charge in [-0.1, -0.05) is 18.6 Å². The summed E-state index contributed by atoms with van der Waals surface area (Å²) in [6, 6.07) is 8.92. The van der Waals surface area contributed by atoms with Crippen molar-refractivity contribution in [2.24, 2.45) is 0 Å². The van der Waals surface area contributed by atoms with Gasteiger partial charge in [0.05, 0.1) is 5.69 Å². The average Bonchev–Trinajstić information content (AvgIpc) is 3.29. The van der Waals surface area contributed by atoms with Crippen LogP contribution in [0, 0.1) is 0 Å². The van der Waals surface area contributed by atoms with Crippen molar-refractivity contribution in [3.05, 3.63) is 40.4 Å². The number of hydrogen-bond acceptors (Lipinski definition) is 4. The van der Waals surface area contributed by atoms with Gasteiger partial charge in [-0.15, -0.1) is 11.3 Å². The number of likely N-dealkylation sites (tertiary alicyclic amines) is 1. The van der Waals surface area contributed by atoms with Crippen LogP contribution < -0.4 is 0 Å². The Balaban J connectivity index is 1.29. The molecule has 27 heavy (non-hydrogen) atoms. The van der Waals surface area contributed by atoms with Crippen molar-refractivity contribution in [3.8, 4) is 10.6 Å². The summed E-state index contributed by atoms with van der Waals surface area (Å²) in [6.07, 6.45) is 8.65. The number of carbonyl (C=O) groups excluding carboxylic acids is 1. The minimum atomic E-state index is 0.171. The zero-order chi connectivity index (χ0) is 18.2. The largest absolute Gasteiger partial charge is 0.339 e. The first-order valence-corrected chi connectivity index (χ1v) is 11.2. The molecule has 5 heteroatoms. The summed E-state index contributed by atoms with van der Waals surface area (Å²) in [6.45, 7) is 4.14. The quantitative estimate of drug-likeness (QED) is 0.806. The molecule has 0 atom stereocenters. The zero-order valence-electron chi connectivity index (χ0n) is 15.8. The molecule has 2 aromatic rings. The molecule has 0 unspecified atom stereocenters. The second kappa shape index (κ2) is 7.36. The van der Waals surface area contributed by atoms with Crippen molar-refractivity contribution in [3.63, 3.8) is 0 Å². The van der Waals surface area contributed by atoms with Crippen LogP contribution in [-0.2, 0) is 12.8 Å². The first-order chi connectivity index (χ1) is 13.3. The van der Waals surface area contributed by atoms with E-state index in [0.717, 1.165) is 67.5 Å². The number of aromatic nitrogens is 1. The Morgan fingerprint density at radius 1 is 0.963 bits per heavy atom. The number of nitrogens with zero attached hydrogens (tertiary/aromatic N) is 3. The molecule has 1 saturated carbocycles. The van der Waals surface area contributed by atoms with E-state index in [0.29, 0.717) is 0 Å². The summed E-state index contributed by atoms with van der Waals surface area (Å²) in [7, 11) is 0. The topological polar surface area (TPSA) is 36.4 Å². The van der Waals surface area contributed by atoms with Crippen molar-refractivity contribution < 1.29 is 4.79 Å². The second-order valence-corrected chi connectivity index (χ2v) is 9.17. The number of fused-ring (bicyclic) bond motifs is 1. The third-order valence-electron chi connectivity index (χ3n) is 6.40. The van der Waals surface area contributed by atoms with E-state index >= 15 is 0 Å². The fourth-order valence-corrected chi connectivity index (χ4v) is 5.58. The van der Waals surface area contributed by atoms with E-state index in [1.54, 1.807) is 0 Å². The van der Waals surface area contributed by atoms with Crippen molar-refractivity contribution in [2.45, 2.75) is 51.0 Å². The van der Waals surface area contributed by atoms with Gasteiger partial charge in [0.1, 0.15) is 5.01 Å². The van der Waals surface area contributed by atoms with Gasteiger partial charge < -0.3 is 4.90 Å². The molecule has 142 valence electrons. The van der Waals surface area contributed by atoms with Gasteiger partial charge in [-0.3, -0.25) is 9.69 Å². The fourth-order valence-electron chi connectivity index (χ4n) is 4.48. The van der Waals surface area contributed by atoms with E-state index in [1.165, 1.54) is 36.4 Å². The zero-order valence-corrected chi connectivity index (χ0v) is 16.6. The summed E-state index contributed by atoms with van der Waals surface area (Å²) >= 11 is 1.85. The van der Waals surface area contributed by atoms with Crippen LogP contribution in [0.15, 0.2) is 24.3 Å². The molecule has 0 radical (unpaired) electrons. The lowest BCUT2D eigenvalue weighted by Crippen LogP contribution is -2.41. The lowest BCUT2D eigenvalue weighted by atomic mass is 9.91. The van der Waals surface area contributed by atoms with E-state index in [-0.39, 0.29) is 5.91 Å². The van der Waals surface area contributed by atoms with E-state index in [4.69, 9.17) is 4.98 Å². The highest BCUT2D eigenvalue weighted by Crippen LogP contribution is 2.33. The van der Waals surface area contributed by atoms with Crippen LogP contribution in [0.25, 0.3) is 10.6 Å². The lowest BCUT2D eigenvalue weighted by Gasteiger charge is -2.36. The number of benzene rings is 1. The minimum absolute atomic E-state index is 0.171. The van der Waals surface area contributed by atoms with Crippen LogP contribution in [-0.4, -0.2) is 52.9 Å². The Morgan fingerprint density at radius 3 is 2.41 bits per heavy atom. The van der Waals surface area contributed by atoms with Crippen molar-refractivity contribution >= 4 is 17.2 Å². The number of amides is 1. The molecule has 1 saturated heterocycles. The molecule has 3 aliphatic rings. The highest BCUT2D eigenvalue weighted by molar-refractivity contribution is 7.15. The van der Waals surface area contributed by atoms with E-state index in [2.05, 4.69) is 17.0 Å². The Labute approximate surface area is 165 Å². The van der Waals surface area contributed by atoms with Gasteiger partial charge in [0, 0.05) is 54.6 Å². The Bertz CT molecular complexity index is 793. The maximum Gasteiger partial charge on any atom is 0.253 e. The molecular formula is C22H27N3OS. The third kappa shape index (κ3) is 3.43. The summed E-state index contributed by atoms with van der Waals surface area (Å²) in [5.41, 5.74) is 3.24. The van der Waals surface area contributed by atoms with E-state index in [1.807, 2.05) is 28.4 Å². The van der Waals surface area contributed by atoms with Crippen LogP contribution >= 0.6 is 11.3 Å². The molecule has 1 amide bonds. The molecule has 1 aliphatic carbocycles. The first kappa shape index (κ1) is 17.4. The van der Waals surface area contributed by atoms with Gasteiger partial charge in [-0.05, 0) is 44.2 Å². The standard InChI is InChI=1S/C22H27N3OS/c26-22(25-12-1-2-13-25)17-8-6-16(7-9-17)21-23-19-10-14-24(18-4-3-5-18)15-11-20(19)27-21/h6-9,18H,1-5,10-15H2. The molecular weight excluding hydrogens is 354 g/mol. The summed E-state index contributed by atoms with van der Waals surface area (Å²) < 4.78 is 0. The van der Waals surface area contributed by atoms with Crippen LogP contribution in [0.4, 0.5) is 0 Å². The smallest absolute Gasteiger partial charge is 0.253 e. The number of rotatable bonds is 3. The van der Waals surface area contributed by atoms with E-state index < -0.39 is 0 Å². The molecule has 0 N–H and O–H groups in total. The fraction of sp³-hybridized carbons (Fsp3) is 0.545. The number of hydrogen-bond donors (Lipinski definition) is 0. The highest BCUT2D eigenvalue weighted by Gasteiger charge is 2.27. The van der Waals surface area contributed by atoms with Crippen LogP contribution in [0.5, 0.6) is 0 Å². The van der Waals surface area contributed by atoms with Crippen LogP contribution in [0.2, 0.25) is 0 Å². The Morgan fingerprint density at radius 2 is 1.70 bits per heavy atom. The molecule has 0 spiro atoms. The summed E-state index contributed by atoms with van der Waals surface area (Å²) in [5, 5.41) is 1.11. The molecule has 0 bridgehead atoms. The average molecular weight is 382 g/mol. The van der Waals surface area contributed by atoms with Crippen molar-refractivity contribution in [2.75, 3.05) is 26.2 Å². The molecule has 3 heterocycles. The Kier molecular flexibility index (Phi) is 4.74. The van der Waals surface area contributed by atoms with Gasteiger partial charge >= 0.3 is 0 Å². The van der Waals surface area contributed by atoms with Gasteiger partial charge in [0.25, 0.3) is 5.91 Å². The predicted octanol–water partition coefficient (Wildman–Crippen LogP) is 4.00. The second-order valence-electron chi connectivity index (χ2n) is 8.09. The minimum Gasteiger partial charge on any atom is -0.339 e. The van der Waals surface area contributed by atoms with Gasteiger partial charge in [-0.25, -0.2) is 4.98 Å². The normalized spacial score (nSPS) is 21.0. The van der Waals surface area contributed by atoms with E-state index in [9.17, 15) is 4.79 Å². The molecule has 2 fully saturated rings. The maximum absolute atomic E-state index is 12.5. The number of carbonyl (C=O) groups is 1. The Hall–Kier alpha value is -1.72. The molecule has 2 aliphatic heterocycles. The SMILES string of the molecule is O=C(c1ccc(-c2nc3c(s2)CCN(C2CCC2)CC3)cc1)N1CCCC1. The van der Waals surface area contributed by atoms with Crippen LogP contribution in [0.3, 0.4) is 0 Å². The molecule has 1 aromatic carbocycles. The highest BCUT2D eigenvalue weighted by atomic mass is 32.1. The summed E-state index contributed by atoms with van der Waals surface area (Å²) in [4.78, 5) is 23.6. The summed E-state index contributed by atoms with van der Waals surface area (Å²) in [5.74, 6) is 0.171. The molecule has 1 aromatic heterocycles.